The van der Waals surface area contributed by atoms with Crippen LogP contribution < -0.4 is 11.9 Å². The minimum Gasteiger partial charge on any atom is -0.344 e. The summed E-state index contributed by atoms with van der Waals surface area (Å²) < 4.78 is 33.8. The van der Waals surface area contributed by atoms with E-state index in [4.69, 9.17) is 28.1 Å². The molecule has 9 nitrogen and oxygen atoms in total. The molecule has 0 fully saturated rings. The van der Waals surface area contributed by atoms with Gasteiger partial charge < -0.3 is 21.3 Å². The monoisotopic (exact) mass is 375 g/mol. The Morgan fingerprint density at radius 3 is 2.30 bits per heavy atom. The quantitative estimate of drug-likeness (QED) is 0.430. The fourth-order valence-electron chi connectivity index (χ4n) is 0.554. The molecule has 0 bridgehead atoms. The van der Waals surface area contributed by atoms with Gasteiger partial charge in [0.25, 0.3) is 0 Å². The molecule has 0 aliphatic rings. The van der Waals surface area contributed by atoms with Crippen molar-refractivity contribution in [2.45, 2.75) is 6.92 Å². The summed E-state index contributed by atoms with van der Waals surface area (Å²) in [6.07, 6.45) is -1.12. The maximum Gasteiger partial charge on any atom is 0.755 e. The zero-order valence-corrected chi connectivity index (χ0v) is 14.2. The molecule has 0 rings (SSSR count). The highest BCUT2D eigenvalue weighted by atomic mass is 35.5. The summed E-state index contributed by atoms with van der Waals surface area (Å²) in [5.74, 6) is 0.336. The van der Waals surface area contributed by atoms with Crippen LogP contribution in [0.5, 0.6) is 0 Å². The largest absolute Gasteiger partial charge is 0.755 e. The Hall–Kier alpha value is 0.0200. The van der Waals surface area contributed by atoms with Crippen molar-refractivity contribution in [3.63, 3.8) is 0 Å². The molecule has 0 aliphatic carbocycles. The van der Waals surface area contributed by atoms with Gasteiger partial charge in [0.2, 0.25) is 0 Å². The van der Waals surface area contributed by atoms with Crippen molar-refractivity contribution in [3.8, 4) is 0 Å². The first-order valence-corrected chi connectivity index (χ1v) is 8.87. The van der Waals surface area contributed by atoms with E-state index in [9.17, 15) is 13.9 Å². The average molecular weight is 376 g/mol. The van der Waals surface area contributed by atoms with Crippen LogP contribution in [0.4, 0.5) is 4.79 Å². The molecular formula is C7H19Cl2N2O7P2+. The number of alkyl halides is 2. The second kappa shape index (κ2) is 15.4. The molecular weight excluding hydrogens is 357 g/mol. The number of amides is 1. The minimum absolute atomic E-state index is 0. The highest BCUT2D eigenvalue weighted by molar-refractivity contribution is 7.52. The van der Waals surface area contributed by atoms with Crippen molar-refractivity contribution in [1.82, 2.24) is 6.15 Å². The Morgan fingerprint density at radius 1 is 1.40 bits per heavy atom. The van der Waals surface area contributed by atoms with Gasteiger partial charge in [0, 0.05) is 16.3 Å². The first-order valence-electron chi connectivity index (χ1n) is 4.95. The molecule has 122 valence electrons. The maximum atomic E-state index is 10.8. The lowest BCUT2D eigenvalue weighted by molar-refractivity contribution is 0.199. The molecule has 13 heteroatoms. The van der Waals surface area contributed by atoms with Crippen LogP contribution in [0, 0.1) is 0 Å². The molecule has 0 aromatic heterocycles. The molecule has 0 aliphatic heterocycles. The normalized spacial score (nSPS) is 13.1. The third-order valence-electron chi connectivity index (χ3n) is 1.14. The number of primary amides is 1. The first kappa shape index (κ1) is 25.0. The van der Waals surface area contributed by atoms with Crippen LogP contribution in [0.15, 0.2) is 0 Å². The van der Waals surface area contributed by atoms with Crippen LogP contribution in [-0.2, 0) is 22.7 Å². The van der Waals surface area contributed by atoms with Crippen molar-refractivity contribution in [3.05, 3.63) is 0 Å². The van der Waals surface area contributed by atoms with Gasteiger partial charge >= 0.3 is 21.9 Å². The topological polar surface area (TPSA) is 160 Å². The van der Waals surface area contributed by atoms with E-state index < -0.39 is 21.9 Å². The molecule has 20 heavy (non-hydrogen) atoms. The Kier molecular flexibility index (Phi) is 19.3. The molecule has 6 N–H and O–H groups in total. The third-order valence-corrected chi connectivity index (χ3v) is 3.92. The van der Waals surface area contributed by atoms with Crippen molar-refractivity contribution >= 4 is 45.1 Å². The average Bonchev–Trinajstić information content (AvgIpc) is 2.26. The molecule has 0 aromatic carbocycles. The van der Waals surface area contributed by atoms with E-state index in [2.05, 4.69) is 19.3 Å². The zero-order valence-electron chi connectivity index (χ0n) is 10.9. The standard InChI is InChI=1S/C4H9Cl2O3P.C3H6NO4P.H3N/c5-1-3-9-10(7,8)4-2-6;1-2-7-9(6)8-3(4)5;/h1-4H2,(H,7,8);2H2,1H3,(H-,4,5);1H3/p+1. The number of hydrogen-bond acceptors (Lipinski definition) is 7. The van der Waals surface area contributed by atoms with Gasteiger partial charge in [-0.25, -0.2) is 4.79 Å². The van der Waals surface area contributed by atoms with Gasteiger partial charge in [-0.15, -0.1) is 27.7 Å². The second-order valence-electron chi connectivity index (χ2n) is 2.62. The third kappa shape index (κ3) is 20.3. The van der Waals surface area contributed by atoms with E-state index in [-0.39, 0.29) is 37.3 Å². The Bertz CT molecular complexity index is 322. The number of nitrogens with two attached hydrogens (primary N) is 1. The highest BCUT2D eigenvalue weighted by Crippen LogP contribution is 2.41. The van der Waals surface area contributed by atoms with Gasteiger partial charge in [0.1, 0.15) is 6.61 Å². The predicted molar refractivity (Wildman–Crippen MR) is 77.0 cm³/mol. The van der Waals surface area contributed by atoms with Gasteiger partial charge in [-0.3, -0.25) is 4.57 Å². The summed E-state index contributed by atoms with van der Waals surface area (Å²) in [4.78, 5) is 18.7. The molecule has 1 amide bonds. The van der Waals surface area contributed by atoms with Gasteiger partial charge in [0.05, 0.1) is 12.8 Å². The fourth-order valence-corrected chi connectivity index (χ4v) is 2.51. The highest BCUT2D eigenvalue weighted by Gasteiger charge is 2.22. The lowest BCUT2D eigenvalue weighted by Gasteiger charge is -2.07. The van der Waals surface area contributed by atoms with Crippen molar-refractivity contribution in [2.75, 3.05) is 31.1 Å². The van der Waals surface area contributed by atoms with Crippen molar-refractivity contribution in [2.24, 2.45) is 5.73 Å². The molecule has 0 saturated carbocycles. The molecule has 0 radical (unpaired) electrons. The van der Waals surface area contributed by atoms with E-state index in [1.165, 1.54) is 0 Å². The lowest BCUT2D eigenvalue weighted by atomic mass is 10.9. The van der Waals surface area contributed by atoms with Crippen molar-refractivity contribution in [1.29, 1.82) is 0 Å². The van der Waals surface area contributed by atoms with Gasteiger partial charge in [-0.05, 0) is 6.92 Å². The summed E-state index contributed by atoms with van der Waals surface area (Å²) in [6.45, 7) is 1.94. The van der Waals surface area contributed by atoms with Gasteiger partial charge in [0.15, 0.2) is 0 Å². The van der Waals surface area contributed by atoms with Crippen LogP contribution in [0.2, 0.25) is 0 Å². The summed E-state index contributed by atoms with van der Waals surface area (Å²) in [5.41, 5.74) is 4.50. The number of rotatable bonds is 8. The predicted octanol–water partition coefficient (Wildman–Crippen LogP) is 2.60. The molecule has 2 unspecified atom stereocenters. The summed E-state index contributed by atoms with van der Waals surface area (Å²) >= 11 is 10.4. The minimum atomic E-state index is -3.43. The van der Waals surface area contributed by atoms with E-state index in [1.54, 1.807) is 6.92 Å². The van der Waals surface area contributed by atoms with Crippen LogP contribution in [0.1, 0.15) is 6.92 Å². The molecule has 0 aromatic rings. The smallest absolute Gasteiger partial charge is 0.344 e. The van der Waals surface area contributed by atoms with Crippen LogP contribution in [-0.4, -0.2) is 42.1 Å². The number of hydrogen-bond donors (Lipinski definition) is 3. The summed E-state index contributed by atoms with van der Waals surface area (Å²) in [6, 6.07) is 0. The van der Waals surface area contributed by atoms with E-state index in [0.29, 0.717) is 0 Å². The molecule has 0 spiro atoms. The Balaban J connectivity index is -0.000000277. The second-order valence-corrected chi connectivity index (χ2v) is 6.25. The van der Waals surface area contributed by atoms with Crippen LogP contribution >= 0.6 is 39.1 Å². The van der Waals surface area contributed by atoms with Crippen LogP contribution in [0.3, 0.4) is 0 Å². The Labute approximate surface area is 128 Å². The number of carbonyl (C=O) groups is 1. The number of carbonyl (C=O) groups excluding carboxylic acids is 1. The molecule has 0 heterocycles. The van der Waals surface area contributed by atoms with E-state index >= 15 is 0 Å². The first-order chi connectivity index (χ1) is 8.79. The SMILES string of the molecule is CCO[P+](=O)OC(N)=O.N.O=P(O)(CCCl)OCCCl. The van der Waals surface area contributed by atoms with Crippen LogP contribution in [0.25, 0.3) is 0 Å². The number of halogens is 2. The maximum absolute atomic E-state index is 10.8. The van der Waals surface area contributed by atoms with Gasteiger partial charge in [-0.1, -0.05) is 0 Å². The summed E-state index contributed by atoms with van der Waals surface area (Å²) in [7, 11) is -5.77. The van der Waals surface area contributed by atoms with Crippen molar-refractivity contribution < 1.29 is 32.4 Å². The fraction of sp³-hybridized carbons (Fsp3) is 0.857. The Morgan fingerprint density at radius 2 is 1.95 bits per heavy atom. The van der Waals surface area contributed by atoms with E-state index in [0.717, 1.165) is 0 Å². The molecule has 2 atom stereocenters. The zero-order chi connectivity index (χ0) is 15.3. The van der Waals surface area contributed by atoms with Gasteiger partial charge in [-0.2, -0.15) is 4.52 Å². The summed E-state index contributed by atoms with van der Waals surface area (Å²) in [5, 5.41) is 0. The van der Waals surface area contributed by atoms with E-state index in [1.807, 2.05) is 0 Å². The molecule has 0 saturated heterocycles. The lowest BCUT2D eigenvalue weighted by Crippen LogP contribution is -2.08.